The summed E-state index contributed by atoms with van der Waals surface area (Å²) in [6, 6.07) is 0. The van der Waals surface area contributed by atoms with Gasteiger partial charge in [0.1, 0.15) is 0 Å². The Labute approximate surface area is 100 Å². The summed E-state index contributed by atoms with van der Waals surface area (Å²) in [6.45, 7) is 10.00. The molecule has 1 unspecified atom stereocenters. The van der Waals surface area contributed by atoms with Crippen LogP contribution < -0.4 is 11.1 Å². The molecule has 0 aliphatic rings. The highest BCUT2D eigenvalue weighted by atomic mass is 16.1. The highest BCUT2D eigenvalue weighted by molar-refractivity contribution is 5.75. The van der Waals surface area contributed by atoms with Gasteiger partial charge in [-0.05, 0) is 30.7 Å². The third-order valence-corrected chi connectivity index (χ3v) is 2.75. The highest BCUT2D eigenvalue weighted by Crippen LogP contribution is 2.15. The van der Waals surface area contributed by atoms with Crippen molar-refractivity contribution in [2.75, 3.05) is 13.1 Å². The molecule has 1 atom stereocenters. The second-order valence-corrected chi connectivity index (χ2v) is 5.73. The summed E-state index contributed by atoms with van der Waals surface area (Å²) < 4.78 is 0. The Morgan fingerprint density at radius 1 is 1.31 bits per heavy atom. The summed E-state index contributed by atoms with van der Waals surface area (Å²) in [5.41, 5.74) is 5.69. The molecule has 16 heavy (non-hydrogen) atoms. The molecular formula is C13H28N2O. The molecule has 3 nitrogen and oxygen atoms in total. The molecule has 0 radical (unpaired) electrons. The van der Waals surface area contributed by atoms with Crippen LogP contribution >= 0.6 is 0 Å². The average Bonchev–Trinajstić information content (AvgIpc) is 2.20. The molecule has 3 N–H and O–H groups in total. The molecule has 0 aliphatic heterocycles. The summed E-state index contributed by atoms with van der Waals surface area (Å²) in [5.74, 6) is 0.774. The zero-order valence-electron chi connectivity index (χ0n) is 11.3. The van der Waals surface area contributed by atoms with Crippen LogP contribution in [0.2, 0.25) is 0 Å². The van der Waals surface area contributed by atoms with Gasteiger partial charge in [0.25, 0.3) is 0 Å². The minimum absolute atomic E-state index is 0.164. The van der Waals surface area contributed by atoms with E-state index in [4.69, 9.17) is 5.73 Å². The molecule has 0 aromatic carbocycles. The molecule has 0 spiro atoms. The minimum Gasteiger partial charge on any atom is -0.356 e. The van der Waals surface area contributed by atoms with Gasteiger partial charge >= 0.3 is 0 Å². The maximum absolute atomic E-state index is 11.6. The van der Waals surface area contributed by atoms with Gasteiger partial charge in [-0.1, -0.05) is 34.1 Å². The zero-order valence-corrected chi connectivity index (χ0v) is 11.3. The number of carbonyl (C=O) groups excluding carboxylic acids is 1. The van der Waals surface area contributed by atoms with Crippen molar-refractivity contribution in [3.8, 4) is 0 Å². The van der Waals surface area contributed by atoms with Crippen molar-refractivity contribution < 1.29 is 4.79 Å². The van der Waals surface area contributed by atoms with Crippen LogP contribution in [-0.2, 0) is 4.79 Å². The predicted molar refractivity (Wildman–Crippen MR) is 69.2 cm³/mol. The number of hydrogen-bond donors (Lipinski definition) is 2. The van der Waals surface area contributed by atoms with E-state index in [0.29, 0.717) is 12.3 Å². The second kappa shape index (κ2) is 7.66. The fourth-order valence-corrected chi connectivity index (χ4v) is 1.58. The van der Waals surface area contributed by atoms with Gasteiger partial charge in [0.2, 0.25) is 5.91 Å². The molecule has 0 saturated carbocycles. The molecule has 0 bridgehead atoms. The number of nitrogens with two attached hydrogens (primary N) is 1. The van der Waals surface area contributed by atoms with Crippen molar-refractivity contribution in [2.45, 2.75) is 53.4 Å². The molecule has 0 saturated heterocycles. The summed E-state index contributed by atoms with van der Waals surface area (Å²) in [5, 5.41) is 2.97. The molecule has 3 heteroatoms. The lowest BCUT2D eigenvalue weighted by Crippen LogP contribution is -2.32. The first kappa shape index (κ1) is 15.4. The van der Waals surface area contributed by atoms with Crippen LogP contribution in [-0.4, -0.2) is 19.0 Å². The van der Waals surface area contributed by atoms with E-state index in [2.05, 4.69) is 33.0 Å². The van der Waals surface area contributed by atoms with Crippen molar-refractivity contribution in [3.05, 3.63) is 0 Å². The summed E-state index contributed by atoms with van der Waals surface area (Å²) >= 11 is 0. The van der Waals surface area contributed by atoms with Gasteiger partial charge in [0.05, 0.1) is 0 Å². The number of amides is 1. The quantitative estimate of drug-likeness (QED) is 0.702. The maximum atomic E-state index is 11.6. The maximum Gasteiger partial charge on any atom is 0.220 e. The number of carbonyl (C=O) groups is 1. The molecule has 0 aliphatic carbocycles. The Morgan fingerprint density at radius 3 is 2.38 bits per heavy atom. The summed E-state index contributed by atoms with van der Waals surface area (Å²) in [6.07, 6.45) is 3.74. The third kappa shape index (κ3) is 8.72. The molecular weight excluding hydrogens is 200 g/mol. The zero-order chi connectivity index (χ0) is 12.6. The van der Waals surface area contributed by atoms with E-state index in [1.165, 1.54) is 0 Å². The van der Waals surface area contributed by atoms with Crippen molar-refractivity contribution in [1.29, 1.82) is 0 Å². The monoisotopic (exact) mass is 228 g/mol. The Kier molecular flexibility index (Phi) is 7.39. The lowest BCUT2D eigenvalue weighted by molar-refractivity contribution is -0.121. The van der Waals surface area contributed by atoms with Gasteiger partial charge in [0.15, 0.2) is 0 Å². The molecule has 0 heterocycles. The highest BCUT2D eigenvalue weighted by Gasteiger charge is 2.13. The van der Waals surface area contributed by atoms with Crippen molar-refractivity contribution >= 4 is 5.91 Å². The number of nitrogens with one attached hydrogen (secondary N) is 1. The van der Waals surface area contributed by atoms with E-state index >= 15 is 0 Å². The predicted octanol–water partition coefficient (Wildman–Crippen LogP) is 2.30. The van der Waals surface area contributed by atoms with Gasteiger partial charge in [-0.25, -0.2) is 0 Å². The van der Waals surface area contributed by atoms with Crippen LogP contribution in [0, 0.1) is 11.3 Å². The first-order chi connectivity index (χ1) is 7.39. The first-order valence-corrected chi connectivity index (χ1v) is 6.35. The Morgan fingerprint density at radius 2 is 1.94 bits per heavy atom. The number of rotatable bonds is 7. The number of hydrogen-bond acceptors (Lipinski definition) is 2. The standard InChI is InChI=1S/C13H28N2O/c1-5-11(8-9-14)6-7-12(16)15-10-13(2,3)4/h11H,5-10,14H2,1-4H3,(H,15,16). The van der Waals surface area contributed by atoms with Crippen LogP contribution in [0.4, 0.5) is 0 Å². The van der Waals surface area contributed by atoms with Gasteiger partial charge in [-0.2, -0.15) is 0 Å². The molecule has 0 aromatic heterocycles. The summed E-state index contributed by atoms with van der Waals surface area (Å²) in [7, 11) is 0. The third-order valence-electron chi connectivity index (χ3n) is 2.75. The van der Waals surface area contributed by atoms with E-state index in [1.54, 1.807) is 0 Å². The van der Waals surface area contributed by atoms with Crippen LogP contribution in [0.25, 0.3) is 0 Å². The Balaban J connectivity index is 3.71. The minimum atomic E-state index is 0.164. The molecule has 0 rings (SSSR count). The largest absolute Gasteiger partial charge is 0.356 e. The summed E-state index contributed by atoms with van der Waals surface area (Å²) in [4.78, 5) is 11.6. The lowest BCUT2D eigenvalue weighted by atomic mass is 9.95. The van der Waals surface area contributed by atoms with Crippen LogP contribution in [0.3, 0.4) is 0 Å². The normalized spacial score (nSPS) is 13.6. The smallest absolute Gasteiger partial charge is 0.220 e. The fourth-order valence-electron chi connectivity index (χ4n) is 1.58. The van der Waals surface area contributed by atoms with Crippen molar-refractivity contribution in [3.63, 3.8) is 0 Å². The molecule has 1 amide bonds. The van der Waals surface area contributed by atoms with E-state index in [9.17, 15) is 4.79 Å². The van der Waals surface area contributed by atoms with E-state index in [0.717, 1.165) is 32.4 Å². The molecule has 0 aromatic rings. The second-order valence-electron chi connectivity index (χ2n) is 5.73. The Bertz CT molecular complexity index is 197. The van der Waals surface area contributed by atoms with Crippen LogP contribution in [0.1, 0.15) is 53.4 Å². The van der Waals surface area contributed by atoms with Crippen LogP contribution in [0.5, 0.6) is 0 Å². The molecule has 0 fully saturated rings. The van der Waals surface area contributed by atoms with Crippen LogP contribution in [0.15, 0.2) is 0 Å². The average molecular weight is 228 g/mol. The lowest BCUT2D eigenvalue weighted by Gasteiger charge is -2.19. The van der Waals surface area contributed by atoms with E-state index < -0.39 is 0 Å². The van der Waals surface area contributed by atoms with Gasteiger partial charge in [-0.15, -0.1) is 0 Å². The van der Waals surface area contributed by atoms with Crippen molar-refractivity contribution in [1.82, 2.24) is 5.32 Å². The molecule has 96 valence electrons. The van der Waals surface area contributed by atoms with E-state index in [-0.39, 0.29) is 11.3 Å². The van der Waals surface area contributed by atoms with Gasteiger partial charge < -0.3 is 11.1 Å². The van der Waals surface area contributed by atoms with Gasteiger partial charge in [0, 0.05) is 13.0 Å². The van der Waals surface area contributed by atoms with Crippen molar-refractivity contribution in [2.24, 2.45) is 17.1 Å². The Hall–Kier alpha value is -0.570. The first-order valence-electron chi connectivity index (χ1n) is 6.35. The topological polar surface area (TPSA) is 55.1 Å². The SMILES string of the molecule is CCC(CCN)CCC(=O)NCC(C)(C)C. The van der Waals surface area contributed by atoms with E-state index in [1.807, 2.05) is 0 Å². The van der Waals surface area contributed by atoms with Gasteiger partial charge in [-0.3, -0.25) is 4.79 Å². The fraction of sp³-hybridized carbons (Fsp3) is 0.923.